The van der Waals surface area contributed by atoms with Gasteiger partial charge in [0.15, 0.2) is 0 Å². The van der Waals surface area contributed by atoms with Crippen LogP contribution in [0, 0.1) is 0 Å². The number of hydrogen-bond donors (Lipinski definition) is 3. The monoisotopic (exact) mass is 660 g/mol. The Morgan fingerprint density at radius 2 is 1.22 bits per heavy atom. The van der Waals surface area contributed by atoms with Crippen molar-refractivity contribution in [2.75, 3.05) is 0 Å². The van der Waals surface area contributed by atoms with Crippen molar-refractivity contribution in [2.24, 2.45) is 0 Å². The van der Waals surface area contributed by atoms with Crippen LogP contribution in [0.15, 0.2) is 42.2 Å². The zero-order chi connectivity index (χ0) is 20.4. The van der Waals surface area contributed by atoms with Crippen LogP contribution in [0.25, 0.3) is 0 Å². The standard InChI is InChI=1S/C15H12Br4O2.Na.H2O4S/c1-15(2,7-3-5-8(20)6-4-7)9-10(16)12(18)14(21)13(19)11(9)17;;1-5(2,3)4/h3-6,20-21H,1-2H3;;(H2,1,2,3,4)/q;+1;/p-1. The summed E-state index contributed by atoms with van der Waals surface area (Å²) in [6.07, 6.45) is 0. The molecule has 0 radical (unpaired) electrons. The maximum absolute atomic E-state index is 10.1. The third kappa shape index (κ3) is 7.54. The molecular weight excluding hydrogens is 651 g/mol. The number of phenols is 2. The van der Waals surface area contributed by atoms with Crippen LogP contribution in [0.1, 0.15) is 25.0 Å². The van der Waals surface area contributed by atoms with Crippen LogP contribution in [-0.2, 0) is 15.8 Å². The van der Waals surface area contributed by atoms with E-state index in [1.54, 1.807) is 12.1 Å². The third-order valence-corrected chi connectivity index (χ3v) is 7.65. The summed E-state index contributed by atoms with van der Waals surface area (Å²) in [6, 6.07) is 7.12. The molecule has 0 aliphatic carbocycles. The molecule has 12 heteroatoms. The summed E-state index contributed by atoms with van der Waals surface area (Å²) in [5, 5.41) is 19.5. The Bertz CT molecular complexity index is 880. The molecule has 0 bridgehead atoms. The summed E-state index contributed by atoms with van der Waals surface area (Å²) in [4.78, 5) is 0. The molecule has 27 heavy (non-hydrogen) atoms. The largest absolute Gasteiger partial charge is 1.00 e. The van der Waals surface area contributed by atoms with E-state index in [4.69, 9.17) is 17.5 Å². The Balaban J connectivity index is 0.00000100. The molecule has 2 rings (SSSR count). The normalized spacial score (nSPS) is 11.3. The second kappa shape index (κ2) is 10.7. The van der Waals surface area contributed by atoms with Crippen molar-refractivity contribution in [3.05, 3.63) is 53.3 Å². The number of halogens is 4. The van der Waals surface area contributed by atoms with Gasteiger partial charge < -0.3 is 14.8 Å². The molecule has 0 spiro atoms. The van der Waals surface area contributed by atoms with E-state index in [0.717, 1.165) is 20.1 Å². The van der Waals surface area contributed by atoms with Gasteiger partial charge in [0.1, 0.15) is 11.5 Å². The molecule has 0 heterocycles. The second-order valence-corrected chi connectivity index (χ2v) is 9.61. The molecule has 3 N–H and O–H groups in total. The Morgan fingerprint density at radius 3 is 1.56 bits per heavy atom. The van der Waals surface area contributed by atoms with Crippen molar-refractivity contribution in [3.63, 3.8) is 0 Å². The quantitative estimate of drug-likeness (QED) is 0.197. The molecule has 0 atom stereocenters. The molecule has 0 saturated heterocycles. The van der Waals surface area contributed by atoms with Gasteiger partial charge in [-0.15, -0.1) is 0 Å². The summed E-state index contributed by atoms with van der Waals surface area (Å²) in [6.45, 7) is 4.17. The molecule has 6 nitrogen and oxygen atoms in total. The fraction of sp³-hybridized carbons (Fsp3) is 0.200. The van der Waals surface area contributed by atoms with Crippen molar-refractivity contribution in [1.29, 1.82) is 0 Å². The fourth-order valence-electron chi connectivity index (χ4n) is 2.19. The van der Waals surface area contributed by atoms with Crippen LogP contribution in [-0.4, -0.2) is 27.7 Å². The minimum absolute atomic E-state index is 0. The van der Waals surface area contributed by atoms with Crippen LogP contribution in [0.3, 0.4) is 0 Å². The smallest absolute Gasteiger partial charge is 0.726 e. The predicted molar refractivity (Wildman–Crippen MR) is 111 cm³/mol. The summed E-state index contributed by atoms with van der Waals surface area (Å²) < 4.78 is 35.6. The van der Waals surface area contributed by atoms with Crippen molar-refractivity contribution in [2.45, 2.75) is 19.3 Å². The molecule has 0 amide bonds. The number of benzene rings is 2. The molecule has 0 aromatic heterocycles. The van der Waals surface area contributed by atoms with E-state index >= 15 is 0 Å². The van der Waals surface area contributed by atoms with E-state index in [-0.39, 0.29) is 46.5 Å². The van der Waals surface area contributed by atoms with Gasteiger partial charge in [0.2, 0.25) is 10.4 Å². The first-order valence-electron chi connectivity index (χ1n) is 6.71. The topological polar surface area (TPSA) is 118 Å². The second-order valence-electron chi connectivity index (χ2n) is 5.58. The Morgan fingerprint density at radius 1 is 0.889 bits per heavy atom. The molecule has 0 aliphatic rings. The number of phenolic OH excluding ortho intramolecular Hbond substituents is 2. The first-order chi connectivity index (χ1) is 11.7. The zero-order valence-corrected chi connectivity index (χ0v) is 23.5. The third-order valence-electron chi connectivity index (χ3n) is 3.45. The van der Waals surface area contributed by atoms with Crippen molar-refractivity contribution in [3.8, 4) is 11.5 Å². The van der Waals surface area contributed by atoms with E-state index in [1.807, 2.05) is 12.1 Å². The molecule has 2 aromatic rings. The SMILES string of the molecule is CC(C)(c1ccc(O)cc1)c1c(Br)c(Br)c(O)c(Br)c1Br.O=S(=O)([O-])O.[Na+]. The van der Waals surface area contributed by atoms with E-state index in [2.05, 4.69) is 77.6 Å². The Kier molecular flexibility index (Phi) is 11.1. The maximum Gasteiger partial charge on any atom is 1.00 e. The molecule has 0 fully saturated rings. The van der Waals surface area contributed by atoms with Crippen LogP contribution >= 0.6 is 63.7 Å². The number of hydrogen-bond acceptors (Lipinski definition) is 5. The van der Waals surface area contributed by atoms with Gasteiger partial charge in [0.25, 0.3) is 0 Å². The first kappa shape index (κ1) is 27.8. The van der Waals surface area contributed by atoms with Gasteiger partial charge in [0, 0.05) is 14.4 Å². The van der Waals surface area contributed by atoms with Gasteiger partial charge in [-0.1, -0.05) is 26.0 Å². The van der Waals surface area contributed by atoms with Gasteiger partial charge in [-0.3, -0.25) is 4.55 Å². The summed E-state index contributed by atoms with van der Waals surface area (Å²) in [7, 11) is -4.92. The average molecular weight is 664 g/mol. The van der Waals surface area contributed by atoms with Gasteiger partial charge in [0.05, 0.1) is 8.95 Å². The van der Waals surface area contributed by atoms with Gasteiger partial charge in [-0.2, -0.15) is 0 Å². The van der Waals surface area contributed by atoms with Crippen LogP contribution in [0.2, 0.25) is 0 Å². The fourth-order valence-corrected chi connectivity index (χ4v) is 5.28. The molecule has 0 saturated carbocycles. The van der Waals surface area contributed by atoms with E-state index in [1.165, 1.54) is 0 Å². The minimum Gasteiger partial charge on any atom is -0.726 e. The van der Waals surface area contributed by atoms with E-state index in [0.29, 0.717) is 8.95 Å². The van der Waals surface area contributed by atoms with Gasteiger partial charge >= 0.3 is 29.6 Å². The molecule has 144 valence electrons. The summed E-state index contributed by atoms with van der Waals surface area (Å²) >= 11 is 13.9. The van der Waals surface area contributed by atoms with Gasteiger partial charge in [-0.05, 0) is 87.0 Å². The van der Waals surface area contributed by atoms with E-state index in [9.17, 15) is 10.2 Å². The van der Waals surface area contributed by atoms with Crippen molar-refractivity contribution < 1.29 is 57.3 Å². The Labute approximate surface area is 213 Å². The molecular formula is C15H13Br4NaO6S. The van der Waals surface area contributed by atoms with Crippen molar-refractivity contribution >= 4 is 74.1 Å². The predicted octanol–water partition coefficient (Wildman–Crippen LogP) is 2.48. The number of rotatable bonds is 2. The molecule has 0 aliphatic heterocycles. The Hall–Kier alpha value is 0.830. The van der Waals surface area contributed by atoms with Crippen LogP contribution in [0.5, 0.6) is 11.5 Å². The first-order valence-corrected chi connectivity index (χ1v) is 11.2. The molecule has 2 aromatic carbocycles. The summed E-state index contributed by atoms with van der Waals surface area (Å²) in [5.74, 6) is 0.375. The van der Waals surface area contributed by atoms with Crippen molar-refractivity contribution in [1.82, 2.24) is 0 Å². The van der Waals surface area contributed by atoms with Gasteiger partial charge in [-0.25, -0.2) is 8.42 Å². The number of aromatic hydroxyl groups is 2. The molecule has 0 unspecified atom stereocenters. The minimum atomic E-state index is -4.92. The zero-order valence-electron chi connectivity index (χ0n) is 14.3. The van der Waals surface area contributed by atoms with E-state index < -0.39 is 10.4 Å². The van der Waals surface area contributed by atoms with Crippen LogP contribution < -0.4 is 29.6 Å². The van der Waals surface area contributed by atoms with Crippen LogP contribution in [0.4, 0.5) is 0 Å². The maximum atomic E-state index is 10.1. The summed E-state index contributed by atoms with van der Waals surface area (Å²) in [5.41, 5.74) is 1.69. The average Bonchev–Trinajstić information content (AvgIpc) is 2.50.